The molecule has 4 aliphatic heterocycles. The molecular weight excluding hydrogens is 1510 g/mol. The Morgan fingerprint density at radius 2 is 0.825 bits per heavy atom. The Kier molecular flexibility index (Phi) is 24.7. The summed E-state index contributed by atoms with van der Waals surface area (Å²) in [5.74, 6) is -17.9. The first kappa shape index (κ1) is 83.2. The summed E-state index contributed by atoms with van der Waals surface area (Å²) >= 11 is 0. The zero-order chi connectivity index (χ0) is 82.7. The first-order valence-corrected chi connectivity index (χ1v) is 36.1. The summed E-state index contributed by atoms with van der Waals surface area (Å²) in [5, 5.41) is 20.5. The molecule has 3 aromatic heterocycles. The van der Waals surface area contributed by atoms with E-state index in [2.05, 4.69) is 31.2 Å². The lowest BCUT2D eigenvalue weighted by Crippen LogP contribution is -2.58. The smallest absolute Gasteiger partial charge is 0.282 e. The molecule has 4 aliphatic rings. The Morgan fingerprint density at radius 3 is 1.18 bits per heavy atom. The minimum atomic E-state index is -3.17. The van der Waals surface area contributed by atoms with E-state index < -0.39 is 120 Å². The molecule has 6 aromatic carbocycles. The lowest BCUT2D eigenvalue weighted by Gasteiger charge is -2.44. The van der Waals surface area contributed by atoms with Crippen molar-refractivity contribution in [1.29, 1.82) is 0 Å². The summed E-state index contributed by atoms with van der Waals surface area (Å²) in [4.78, 5) is 78.8. The maximum atomic E-state index is 15.3. The lowest BCUT2D eigenvalue weighted by atomic mass is 9.98. The van der Waals surface area contributed by atoms with Gasteiger partial charge in [-0.25, -0.2) is 62.3 Å². The van der Waals surface area contributed by atoms with E-state index in [4.69, 9.17) is 39.1 Å². The SMILES string of the molecule is CCN1CCC(n2nc(-c3ccc(CNC(=O)c4cc(F)ccc4C)c(F)c3)c(C(N)=O)c2N)C(F)(F)C1.Cc1ccc(F)cc1C(=O)NCc1ccc(-c2nn(C3CCN(C)CC3(F)F)c(N)c2C(N)=O)cc1F.Cc1ccc(F)cc1C(=O)NCc1ccc(-c2nn(C3CCN(C4COC4)CC3(F)F)c(N)c2C(N)=O)cc1. The maximum Gasteiger partial charge on any atom is 0.282 e. The fourth-order valence-electron chi connectivity index (χ4n) is 14.2. The van der Waals surface area contributed by atoms with Gasteiger partial charge in [-0.3, -0.25) is 38.6 Å². The van der Waals surface area contributed by atoms with Crippen molar-refractivity contribution in [3.05, 3.63) is 211 Å². The van der Waals surface area contributed by atoms with Crippen molar-refractivity contribution < 1.29 is 81.8 Å². The molecule has 36 heteroatoms. The zero-order valence-electron chi connectivity index (χ0n) is 62.4. The number of benzene rings is 6. The number of carbonyl (C=O) groups excluding carboxylic acids is 6. The number of aryl methyl sites for hydroxylation is 3. The number of ether oxygens (including phenoxy) is 1. The molecule has 4 fully saturated rings. The van der Waals surface area contributed by atoms with Crippen LogP contribution in [0.3, 0.4) is 0 Å². The molecule has 0 spiro atoms. The number of likely N-dealkylation sites (tertiary alicyclic amines) is 3. The van der Waals surface area contributed by atoms with Gasteiger partial charge in [0.1, 0.15) is 98.4 Å². The molecule has 3 unspecified atom stereocenters. The molecule has 6 amide bonds. The van der Waals surface area contributed by atoms with Crippen molar-refractivity contribution in [2.45, 2.75) is 109 Å². The van der Waals surface area contributed by atoms with Crippen LogP contribution >= 0.6 is 0 Å². The molecule has 604 valence electrons. The van der Waals surface area contributed by atoms with Gasteiger partial charge in [-0.2, -0.15) is 15.3 Å². The minimum absolute atomic E-state index is 0.0234. The molecule has 0 saturated carbocycles. The molecular formula is C78H83F11N18O7. The van der Waals surface area contributed by atoms with Gasteiger partial charge in [-0.15, -0.1) is 0 Å². The Labute approximate surface area is 646 Å². The van der Waals surface area contributed by atoms with E-state index in [-0.39, 0.29) is 135 Å². The third-order valence-electron chi connectivity index (χ3n) is 20.6. The number of nitrogens with two attached hydrogens (primary N) is 6. The van der Waals surface area contributed by atoms with Crippen molar-refractivity contribution in [2.75, 3.05) is 83.3 Å². The number of hydrogen-bond acceptors (Lipinski definition) is 16. The summed E-state index contributed by atoms with van der Waals surface area (Å²) in [6, 6.07) is 21.7. The van der Waals surface area contributed by atoms with Crippen LogP contribution in [0.4, 0.5) is 65.7 Å². The summed E-state index contributed by atoms with van der Waals surface area (Å²) in [6.07, 6.45) is 0.170. The predicted molar refractivity (Wildman–Crippen MR) is 400 cm³/mol. The minimum Gasteiger partial charge on any atom is -0.383 e. The fourth-order valence-corrected chi connectivity index (χ4v) is 14.2. The molecule has 9 aromatic rings. The van der Waals surface area contributed by atoms with E-state index in [0.717, 1.165) is 38.3 Å². The number of anilines is 3. The summed E-state index contributed by atoms with van der Waals surface area (Å²) in [7, 11) is 1.57. The standard InChI is InChI=1S/C27H29F3N6O3.C26H28F4N6O2.C25H26F4N6O2/c1-15-2-7-18(28)10-20(15)26(38)33-11-16-3-5-17(6-4-16)23-22(25(32)37)24(31)36(34-23)21-8-9-35(14-27(21,29)30)19-12-39-13-19;1-3-35-9-8-20(26(29,30)13-35)36-23(31)21(24(32)37)22(34-36)15-5-6-16(19(28)10-15)12-33-25(38)18-11-17(27)7-4-14(18)2;1-13-3-6-16(26)10-17(13)24(37)32-11-15-5-4-14(9-18(15)27)21-20(23(31)36)22(30)35(33-21)19-7-8-34(2)12-25(19,28)29/h2-7,10,19,21H,8-9,11-14,31H2,1H3,(H2,32,37)(H,33,38);4-7,10-11,20H,3,8-9,12-13,31H2,1-2H3,(H2,32,37)(H,33,38);3-6,9-10,19H,7-8,11-12,30H2,1-2H3,(H2,31,36)(H,32,37). The molecule has 25 nitrogen and oxygen atoms in total. The number of rotatable bonds is 20. The highest BCUT2D eigenvalue weighted by Gasteiger charge is 2.51. The number of carbonyl (C=O) groups is 6. The average molecular weight is 1590 g/mol. The number of nitrogen functional groups attached to an aromatic ring is 3. The number of amides is 6. The molecule has 114 heavy (non-hydrogen) atoms. The second kappa shape index (κ2) is 33.9. The van der Waals surface area contributed by atoms with Crippen LogP contribution in [0.25, 0.3) is 33.8 Å². The molecule has 3 atom stereocenters. The number of hydrogen-bond donors (Lipinski definition) is 9. The largest absolute Gasteiger partial charge is 0.383 e. The van der Waals surface area contributed by atoms with Gasteiger partial charge in [0.25, 0.3) is 53.2 Å². The number of piperidine rings is 3. The molecule has 4 saturated heterocycles. The molecule has 0 bridgehead atoms. The van der Waals surface area contributed by atoms with Crippen LogP contribution in [0.5, 0.6) is 0 Å². The van der Waals surface area contributed by atoms with Crippen molar-refractivity contribution in [3.63, 3.8) is 0 Å². The van der Waals surface area contributed by atoms with Crippen LogP contribution in [0.1, 0.15) is 140 Å². The lowest BCUT2D eigenvalue weighted by molar-refractivity contribution is -0.149. The Balaban J connectivity index is 0.000000169. The van der Waals surface area contributed by atoms with E-state index in [1.54, 1.807) is 68.8 Å². The van der Waals surface area contributed by atoms with Gasteiger partial charge >= 0.3 is 0 Å². The van der Waals surface area contributed by atoms with Crippen LogP contribution in [0.15, 0.2) is 115 Å². The maximum absolute atomic E-state index is 15.3. The molecule has 0 radical (unpaired) electrons. The van der Waals surface area contributed by atoms with Crippen molar-refractivity contribution in [3.8, 4) is 33.8 Å². The van der Waals surface area contributed by atoms with Crippen LogP contribution < -0.4 is 50.4 Å². The number of nitrogens with zero attached hydrogens (tertiary/aromatic N) is 9. The molecule has 0 aliphatic carbocycles. The number of alkyl halides is 6. The third kappa shape index (κ3) is 18.0. The van der Waals surface area contributed by atoms with Gasteiger partial charge in [0.05, 0.1) is 38.9 Å². The summed E-state index contributed by atoms with van der Waals surface area (Å²) in [6.45, 7) is 7.59. The Bertz CT molecular complexity index is 5170. The van der Waals surface area contributed by atoms with E-state index in [1.807, 2.05) is 0 Å². The Morgan fingerprint density at radius 1 is 0.465 bits per heavy atom. The normalized spacial score (nSPS) is 18.1. The van der Waals surface area contributed by atoms with Gasteiger partial charge in [-0.05, 0) is 124 Å². The summed E-state index contributed by atoms with van der Waals surface area (Å²) in [5.41, 5.74) is 37.8. The van der Waals surface area contributed by atoms with Crippen molar-refractivity contribution in [1.82, 2.24) is 60.0 Å². The monoisotopic (exact) mass is 1590 g/mol. The Hall–Kier alpha value is -11.8. The molecule has 13 rings (SSSR count). The first-order chi connectivity index (χ1) is 53.9. The number of primary amides is 3. The number of nitrogens with one attached hydrogen (secondary N) is 3. The highest BCUT2D eigenvalue weighted by atomic mass is 19.3. The molecule has 15 N–H and O–H groups in total. The van der Waals surface area contributed by atoms with Crippen LogP contribution in [0.2, 0.25) is 0 Å². The van der Waals surface area contributed by atoms with Gasteiger partial charge in [0.2, 0.25) is 0 Å². The molecule has 7 heterocycles. The van der Waals surface area contributed by atoms with Crippen molar-refractivity contribution >= 4 is 52.9 Å². The highest BCUT2D eigenvalue weighted by Crippen LogP contribution is 2.44. The average Bonchev–Trinajstić information content (AvgIpc) is 0.889. The van der Waals surface area contributed by atoms with Gasteiger partial charge < -0.3 is 60.0 Å². The quantitative estimate of drug-likeness (QED) is 0.0320. The zero-order valence-corrected chi connectivity index (χ0v) is 62.4. The number of aromatic nitrogens is 6. The van der Waals surface area contributed by atoms with Crippen LogP contribution in [-0.2, 0) is 24.4 Å². The predicted octanol–water partition coefficient (Wildman–Crippen LogP) is 9.80. The van der Waals surface area contributed by atoms with E-state index in [9.17, 15) is 63.9 Å². The third-order valence-corrected chi connectivity index (χ3v) is 20.6. The summed E-state index contributed by atoms with van der Waals surface area (Å²) < 4.78 is 169. The van der Waals surface area contributed by atoms with Gasteiger partial charge in [-0.1, -0.05) is 73.7 Å². The van der Waals surface area contributed by atoms with Crippen LogP contribution in [0, 0.1) is 49.9 Å². The van der Waals surface area contributed by atoms with E-state index in [1.165, 1.54) is 71.6 Å². The number of halogens is 11. The van der Waals surface area contributed by atoms with Crippen LogP contribution in [-0.4, -0.2) is 169 Å². The van der Waals surface area contributed by atoms with E-state index in [0.29, 0.717) is 67.2 Å². The van der Waals surface area contributed by atoms with Gasteiger partial charge in [0.15, 0.2) is 0 Å². The second-order valence-corrected chi connectivity index (χ2v) is 28.5. The highest BCUT2D eigenvalue weighted by molar-refractivity contribution is 6.05. The second-order valence-electron chi connectivity index (χ2n) is 28.5. The van der Waals surface area contributed by atoms with E-state index >= 15 is 13.2 Å². The topological polar surface area (TPSA) is 367 Å². The first-order valence-electron chi connectivity index (χ1n) is 36.1. The fraction of sp³-hybridized carbons (Fsp3) is 0.346. The van der Waals surface area contributed by atoms with Gasteiger partial charge in [0, 0.05) is 83.8 Å². The van der Waals surface area contributed by atoms with Crippen molar-refractivity contribution in [2.24, 2.45) is 17.2 Å².